The molecule has 0 radical (unpaired) electrons. The van der Waals surface area contributed by atoms with Crippen molar-refractivity contribution in [3.05, 3.63) is 42.2 Å². The lowest BCUT2D eigenvalue weighted by Crippen LogP contribution is -2.24. The third-order valence-electron chi connectivity index (χ3n) is 5.18. The van der Waals surface area contributed by atoms with E-state index in [1.807, 2.05) is 0 Å². The Kier molecular flexibility index (Phi) is 5.66. The molecule has 0 saturated carbocycles. The van der Waals surface area contributed by atoms with Crippen LogP contribution in [0.1, 0.15) is 18.2 Å². The van der Waals surface area contributed by atoms with Crippen LogP contribution in [0.2, 0.25) is 0 Å². The third-order valence-corrected chi connectivity index (χ3v) is 5.18. The summed E-state index contributed by atoms with van der Waals surface area (Å²) in [5.41, 5.74) is 1.37. The van der Waals surface area contributed by atoms with Crippen molar-refractivity contribution >= 4 is 11.6 Å². The van der Waals surface area contributed by atoms with Crippen LogP contribution in [-0.2, 0) is 4.79 Å². The Balaban J connectivity index is 1.58. The maximum atomic E-state index is 12.7. The molecule has 1 amide bonds. The summed E-state index contributed by atoms with van der Waals surface area (Å²) in [6.45, 7) is 0.426. The van der Waals surface area contributed by atoms with Crippen LogP contribution < -0.4 is 23.8 Å². The van der Waals surface area contributed by atoms with E-state index < -0.39 is 0 Å². The number of methoxy groups -OCH3 is 4. The van der Waals surface area contributed by atoms with Crippen molar-refractivity contribution in [2.45, 2.75) is 12.3 Å². The van der Waals surface area contributed by atoms with E-state index in [4.69, 9.17) is 23.5 Å². The monoisotopic (exact) mass is 425 g/mol. The number of rotatable bonds is 7. The minimum absolute atomic E-state index is 0.0327. The molecule has 0 N–H and O–H groups in total. The Morgan fingerprint density at radius 1 is 0.871 bits per heavy atom. The van der Waals surface area contributed by atoms with Crippen molar-refractivity contribution < 1.29 is 28.3 Å². The van der Waals surface area contributed by atoms with Crippen molar-refractivity contribution in [2.75, 3.05) is 39.9 Å². The second kappa shape index (κ2) is 8.55. The van der Waals surface area contributed by atoms with Crippen LogP contribution in [0.25, 0.3) is 11.5 Å². The largest absolute Gasteiger partial charge is 0.497 e. The Labute approximate surface area is 179 Å². The number of benzene rings is 2. The first-order valence-corrected chi connectivity index (χ1v) is 9.65. The van der Waals surface area contributed by atoms with Crippen LogP contribution in [0, 0.1) is 0 Å². The van der Waals surface area contributed by atoms with Crippen molar-refractivity contribution in [3.63, 3.8) is 0 Å². The van der Waals surface area contributed by atoms with Gasteiger partial charge in [-0.2, -0.15) is 4.98 Å². The first-order chi connectivity index (χ1) is 15.0. The second-order valence-corrected chi connectivity index (χ2v) is 7.04. The Morgan fingerprint density at radius 2 is 1.42 bits per heavy atom. The lowest BCUT2D eigenvalue weighted by molar-refractivity contribution is -0.117. The van der Waals surface area contributed by atoms with Crippen molar-refractivity contribution in [3.8, 4) is 34.5 Å². The number of amides is 1. The van der Waals surface area contributed by atoms with E-state index in [1.54, 1.807) is 69.7 Å². The highest BCUT2D eigenvalue weighted by Crippen LogP contribution is 2.36. The van der Waals surface area contributed by atoms with E-state index in [9.17, 15) is 4.79 Å². The SMILES string of the molecule is COc1cc(OC)cc(-c2nc(C3CC(=O)N(c4cc(OC)cc(OC)c4)C3)no2)c1. The molecule has 0 spiro atoms. The highest BCUT2D eigenvalue weighted by Gasteiger charge is 2.35. The van der Waals surface area contributed by atoms with E-state index in [1.165, 1.54) is 0 Å². The minimum Gasteiger partial charge on any atom is -0.497 e. The average molecular weight is 425 g/mol. The molecule has 1 aliphatic heterocycles. The van der Waals surface area contributed by atoms with Crippen molar-refractivity contribution in [1.82, 2.24) is 10.1 Å². The van der Waals surface area contributed by atoms with Crippen LogP contribution in [-0.4, -0.2) is 51.0 Å². The Hall–Kier alpha value is -3.75. The topological polar surface area (TPSA) is 96.2 Å². The quantitative estimate of drug-likeness (QED) is 0.569. The fraction of sp³-hybridized carbons (Fsp3) is 0.318. The summed E-state index contributed by atoms with van der Waals surface area (Å²) >= 11 is 0. The minimum atomic E-state index is -0.199. The number of hydrogen-bond donors (Lipinski definition) is 0. The molecule has 0 bridgehead atoms. The lowest BCUT2D eigenvalue weighted by Gasteiger charge is -2.18. The Morgan fingerprint density at radius 3 is 1.97 bits per heavy atom. The van der Waals surface area contributed by atoms with Gasteiger partial charge in [0, 0.05) is 48.7 Å². The van der Waals surface area contributed by atoms with Crippen LogP contribution in [0.15, 0.2) is 40.9 Å². The van der Waals surface area contributed by atoms with Gasteiger partial charge in [0.05, 0.1) is 34.1 Å². The summed E-state index contributed by atoms with van der Waals surface area (Å²) in [6.07, 6.45) is 0.278. The summed E-state index contributed by atoms with van der Waals surface area (Å²) < 4.78 is 26.7. The molecular weight excluding hydrogens is 402 g/mol. The molecule has 4 rings (SSSR count). The van der Waals surface area contributed by atoms with Gasteiger partial charge >= 0.3 is 0 Å². The maximum Gasteiger partial charge on any atom is 0.258 e. The predicted octanol–water partition coefficient (Wildman–Crippen LogP) is 3.29. The molecule has 0 aliphatic carbocycles. The molecule has 9 heteroatoms. The van der Waals surface area contributed by atoms with Crippen LogP contribution >= 0.6 is 0 Å². The fourth-order valence-corrected chi connectivity index (χ4v) is 3.53. The van der Waals surface area contributed by atoms with Gasteiger partial charge in [0.2, 0.25) is 5.91 Å². The zero-order valence-corrected chi connectivity index (χ0v) is 17.7. The zero-order chi connectivity index (χ0) is 22.0. The average Bonchev–Trinajstić information content (AvgIpc) is 3.45. The second-order valence-electron chi connectivity index (χ2n) is 7.04. The highest BCUT2D eigenvalue weighted by atomic mass is 16.5. The molecule has 2 aromatic carbocycles. The number of hydrogen-bond acceptors (Lipinski definition) is 8. The zero-order valence-electron chi connectivity index (χ0n) is 17.7. The van der Waals surface area contributed by atoms with Gasteiger partial charge in [-0.05, 0) is 12.1 Å². The maximum absolute atomic E-state index is 12.7. The summed E-state index contributed by atoms with van der Waals surface area (Å²) in [6, 6.07) is 10.7. The van der Waals surface area contributed by atoms with Crippen LogP contribution in [0.3, 0.4) is 0 Å². The van der Waals surface area contributed by atoms with E-state index in [-0.39, 0.29) is 18.2 Å². The van der Waals surface area contributed by atoms with Gasteiger partial charge in [-0.25, -0.2) is 0 Å². The molecule has 3 aromatic rings. The molecule has 1 atom stereocenters. The van der Waals surface area contributed by atoms with Gasteiger partial charge in [-0.1, -0.05) is 5.16 Å². The highest BCUT2D eigenvalue weighted by molar-refractivity contribution is 5.96. The number of carbonyl (C=O) groups excluding carboxylic acids is 1. The molecule has 1 aromatic heterocycles. The number of anilines is 1. The molecule has 1 unspecified atom stereocenters. The van der Waals surface area contributed by atoms with E-state index >= 15 is 0 Å². The summed E-state index contributed by atoms with van der Waals surface area (Å²) in [7, 11) is 6.29. The third kappa shape index (κ3) is 4.11. The first-order valence-electron chi connectivity index (χ1n) is 9.65. The van der Waals surface area contributed by atoms with E-state index in [0.717, 1.165) is 0 Å². The standard InChI is InChI=1S/C22H23N3O6/c1-27-16-5-13(6-17(10-16)28-2)22-23-21(24-31-22)14-7-20(26)25(12-14)15-8-18(29-3)11-19(9-15)30-4/h5-6,8-11,14H,7,12H2,1-4H3. The van der Waals surface area contributed by atoms with E-state index in [2.05, 4.69) is 10.1 Å². The van der Waals surface area contributed by atoms with Gasteiger partial charge in [-0.15, -0.1) is 0 Å². The van der Waals surface area contributed by atoms with E-state index in [0.29, 0.717) is 52.5 Å². The van der Waals surface area contributed by atoms with Gasteiger partial charge in [0.25, 0.3) is 5.89 Å². The number of ether oxygens (including phenoxy) is 4. The molecular formula is C22H23N3O6. The van der Waals surface area contributed by atoms with Crippen molar-refractivity contribution in [2.24, 2.45) is 0 Å². The van der Waals surface area contributed by atoms with Crippen molar-refractivity contribution in [1.29, 1.82) is 0 Å². The molecule has 9 nitrogen and oxygen atoms in total. The first kappa shape index (κ1) is 20.5. The fourth-order valence-electron chi connectivity index (χ4n) is 3.53. The Bertz CT molecular complexity index is 1050. The normalized spacial score (nSPS) is 15.8. The van der Waals surface area contributed by atoms with Gasteiger partial charge < -0.3 is 28.4 Å². The number of nitrogens with zero attached hydrogens (tertiary/aromatic N) is 3. The molecule has 31 heavy (non-hydrogen) atoms. The van der Waals surface area contributed by atoms with Gasteiger partial charge in [-0.3, -0.25) is 4.79 Å². The summed E-state index contributed by atoms with van der Waals surface area (Å²) in [4.78, 5) is 18.9. The van der Waals surface area contributed by atoms with Crippen LogP contribution in [0.5, 0.6) is 23.0 Å². The molecule has 1 fully saturated rings. The lowest BCUT2D eigenvalue weighted by atomic mass is 10.1. The van der Waals surface area contributed by atoms with Crippen LogP contribution in [0.4, 0.5) is 5.69 Å². The smallest absolute Gasteiger partial charge is 0.258 e. The molecule has 1 aliphatic rings. The summed E-state index contributed by atoms with van der Waals surface area (Å²) in [5, 5.41) is 4.12. The molecule has 2 heterocycles. The number of carbonyl (C=O) groups is 1. The predicted molar refractivity (Wildman–Crippen MR) is 112 cm³/mol. The number of aromatic nitrogens is 2. The van der Waals surface area contributed by atoms with Gasteiger partial charge in [0.1, 0.15) is 23.0 Å². The molecule has 162 valence electrons. The summed E-state index contributed by atoms with van der Waals surface area (Å²) in [5.74, 6) is 3.03. The van der Waals surface area contributed by atoms with Gasteiger partial charge in [0.15, 0.2) is 5.82 Å². The molecule has 1 saturated heterocycles.